The summed E-state index contributed by atoms with van der Waals surface area (Å²) in [5.41, 5.74) is 2.17. The smallest absolute Gasteiger partial charge is 0.261 e. The Bertz CT molecular complexity index is 788. The van der Waals surface area contributed by atoms with Crippen molar-refractivity contribution >= 4 is 27.3 Å². The fourth-order valence-corrected chi connectivity index (χ4v) is 3.35. The first-order chi connectivity index (χ1) is 10.4. The van der Waals surface area contributed by atoms with Crippen molar-refractivity contribution in [1.82, 2.24) is 0 Å². The fraction of sp³-hybridized carbons (Fsp3) is 0.250. The standard InChI is InChI=1S/C16H18ClNO3S/c1-4-12-9-14(7-8-16(12)21-3)22(19,20)18-13-6-5-11(2)15(17)10-13/h5-10,18H,4H2,1-3H3. The van der Waals surface area contributed by atoms with Gasteiger partial charge in [-0.25, -0.2) is 8.42 Å². The lowest BCUT2D eigenvalue weighted by Crippen LogP contribution is -2.13. The topological polar surface area (TPSA) is 55.4 Å². The van der Waals surface area contributed by atoms with E-state index in [9.17, 15) is 8.42 Å². The van der Waals surface area contributed by atoms with Crippen LogP contribution in [0.1, 0.15) is 18.1 Å². The molecule has 0 radical (unpaired) electrons. The maximum Gasteiger partial charge on any atom is 0.261 e. The van der Waals surface area contributed by atoms with Crippen LogP contribution in [0.3, 0.4) is 0 Å². The van der Waals surface area contributed by atoms with Crippen molar-refractivity contribution in [2.45, 2.75) is 25.2 Å². The number of hydrogen-bond acceptors (Lipinski definition) is 3. The SMILES string of the molecule is CCc1cc(S(=O)(=O)Nc2ccc(C)c(Cl)c2)ccc1OC. The second-order valence-corrected chi connectivity index (χ2v) is 6.99. The van der Waals surface area contributed by atoms with Gasteiger partial charge in [-0.1, -0.05) is 24.6 Å². The molecule has 0 aliphatic rings. The highest BCUT2D eigenvalue weighted by Gasteiger charge is 2.16. The van der Waals surface area contributed by atoms with E-state index in [2.05, 4.69) is 4.72 Å². The molecule has 2 rings (SSSR count). The number of anilines is 1. The lowest BCUT2D eigenvalue weighted by atomic mass is 10.1. The van der Waals surface area contributed by atoms with E-state index in [1.807, 2.05) is 13.8 Å². The number of rotatable bonds is 5. The largest absolute Gasteiger partial charge is 0.496 e. The molecular formula is C16H18ClNO3S. The van der Waals surface area contributed by atoms with Crippen molar-refractivity contribution in [3.05, 3.63) is 52.5 Å². The van der Waals surface area contributed by atoms with Crippen LogP contribution in [0.5, 0.6) is 5.75 Å². The molecule has 0 saturated heterocycles. The van der Waals surface area contributed by atoms with Gasteiger partial charge in [0.2, 0.25) is 0 Å². The van der Waals surface area contributed by atoms with Gasteiger partial charge in [0.15, 0.2) is 0 Å². The van der Waals surface area contributed by atoms with Crippen LogP contribution >= 0.6 is 11.6 Å². The van der Waals surface area contributed by atoms with E-state index in [0.717, 1.165) is 11.1 Å². The minimum Gasteiger partial charge on any atom is -0.496 e. The van der Waals surface area contributed by atoms with E-state index in [1.54, 1.807) is 37.4 Å². The van der Waals surface area contributed by atoms with Crippen LogP contribution in [0.2, 0.25) is 5.02 Å². The Balaban J connectivity index is 2.35. The first-order valence-corrected chi connectivity index (χ1v) is 8.69. The molecule has 0 aliphatic carbocycles. The Hall–Kier alpha value is -1.72. The predicted molar refractivity (Wildman–Crippen MR) is 89.4 cm³/mol. The number of methoxy groups -OCH3 is 1. The van der Waals surface area contributed by atoms with E-state index >= 15 is 0 Å². The van der Waals surface area contributed by atoms with Gasteiger partial charge in [-0.15, -0.1) is 0 Å². The fourth-order valence-electron chi connectivity index (χ4n) is 2.07. The summed E-state index contributed by atoms with van der Waals surface area (Å²) in [5, 5.41) is 0.518. The summed E-state index contributed by atoms with van der Waals surface area (Å²) in [6.07, 6.45) is 0.683. The third kappa shape index (κ3) is 3.54. The van der Waals surface area contributed by atoms with E-state index < -0.39 is 10.0 Å². The van der Waals surface area contributed by atoms with Crippen LogP contribution in [0.4, 0.5) is 5.69 Å². The molecule has 118 valence electrons. The van der Waals surface area contributed by atoms with E-state index in [-0.39, 0.29) is 4.90 Å². The van der Waals surface area contributed by atoms with Crippen LogP contribution in [-0.2, 0) is 16.4 Å². The van der Waals surface area contributed by atoms with Gasteiger partial charge in [0.25, 0.3) is 10.0 Å². The van der Waals surface area contributed by atoms with Gasteiger partial charge in [0.1, 0.15) is 5.75 Å². The quantitative estimate of drug-likeness (QED) is 0.895. The molecule has 2 aromatic carbocycles. The molecule has 0 fully saturated rings. The lowest BCUT2D eigenvalue weighted by molar-refractivity contribution is 0.409. The molecule has 4 nitrogen and oxygen atoms in total. The molecule has 0 amide bonds. The van der Waals surface area contributed by atoms with Gasteiger partial charge in [-0.3, -0.25) is 4.72 Å². The minimum absolute atomic E-state index is 0.196. The average molecular weight is 340 g/mol. The molecule has 0 bridgehead atoms. The second-order valence-electron chi connectivity index (χ2n) is 4.90. The first-order valence-electron chi connectivity index (χ1n) is 6.83. The van der Waals surface area contributed by atoms with Crippen molar-refractivity contribution < 1.29 is 13.2 Å². The molecule has 0 unspecified atom stereocenters. The van der Waals surface area contributed by atoms with E-state index in [1.165, 1.54) is 6.07 Å². The number of hydrogen-bond donors (Lipinski definition) is 1. The number of ether oxygens (including phenoxy) is 1. The van der Waals surface area contributed by atoms with Gasteiger partial charge >= 0.3 is 0 Å². The molecule has 22 heavy (non-hydrogen) atoms. The van der Waals surface area contributed by atoms with Crippen molar-refractivity contribution in [1.29, 1.82) is 0 Å². The van der Waals surface area contributed by atoms with Crippen LogP contribution in [0.25, 0.3) is 0 Å². The molecule has 1 N–H and O–H groups in total. The molecule has 0 heterocycles. The average Bonchev–Trinajstić information content (AvgIpc) is 2.50. The zero-order valence-electron chi connectivity index (χ0n) is 12.7. The van der Waals surface area contributed by atoms with Crippen LogP contribution in [0, 0.1) is 6.92 Å². The van der Waals surface area contributed by atoms with Crippen molar-refractivity contribution in [2.75, 3.05) is 11.8 Å². The number of aryl methyl sites for hydroxylation is 2. The Morgan fingerprint density at radius 2 is 1.91 bits per heavy atom. The third-order valence-corrected chi connectivity index (χ3v) is 5.15. The monoisotopic (exact) mass is 339 g/mol. The van der Waals surface area contributed by atoms with Gasteiger partial charge in [0, 0.05) is 5.02 Å². The normalized spacial score (nSPS) is 11.3. The third-order valence-electron chi connectivity index (χ3n) is 3.37. The summed E-state index contributed by atoms with van der Waals surface area (Å²) in [7, 11) is -2.10. The van der Waals surface area contributed by atoms with Gasteiger partial charge in [-0.05, 0) is 54.8 Å². The summed E-state index contributed by atoms with van der Waals surface area (Å²) in [6, 6.07) is 9.86. The molecule has 0 saturated carbocycles. The summed E-state index contributed by atoms with van der Waals surface area (Å²) >= 11 is 6.02. The zero-order valence-corrected chi connectivity index (χ0v) is 14.3. The highest BCUT2D eigenvalue weighted by atomic mass is 35.5. The Kier molecular flexibility index (Phi) is 4.98. The highest BCUT2D eigenvalue weighted by molar-refractivity contribution is 7.92. The number of nitrogens with one attached hydrogen (secondary N) is 1. The highest BCUT2D eigenvalue weighted by Crippen LogP contribution is 2.26. The number of halogens is 1. The van der Waals surface area contributed by atoms with Crippen molar-refractivity contribution in [3.63, 3.8) is 0 Å². The molecule has 0 aromatic heterocycles. The van der Waals surface area contributed by atoms with Crippen LogP contribution < -0.4 is 9.46 Å². The number of sulfonamides is 1. The Morgan fingerprint density at radius 3 is 2.50 bits per heavy atom. The molecule has 0 aliphatic heterocycles. The van der Waals surface area contributed by atoms with Gasteiger partial charge in [-0.2, -0.15) is 0 Å². The zero-order chi connectivity index (χ0) is 16.3. The van der Waals surface area contributed by atoms with Crippen LogP contribution in [0.15, 0.2) is 41.3 Å². The molecular weight excluding hydrogens is 322 g/mol. The number of benzene rings is 2. The van der Waals surface area contributed by atoms with E-state index in [4.69, 9.17) is 16.3 Å². The molecule has 6 heteroatoms. The molecule has 2 aromatic rings. The Labute approximate surface area is 136 Å². The molecule has 0 spiro atoms. The lowest BCUT2D eigenvalue weighted by Gasteiger charge is -2.12. The van der Waals surface area contributed by atoms with E-state index in [0.29, 0.717) is 22.9 Å². The molecule has 0 atom stereocenters. The Morgan fingerprint density at radius 1 is 1.18 bits per heavy atom. The first kappa shape index (κ1) is 16.6. The minimum atomic E-state index is -3.66. The van der Waals surface area contributed by atoms with Crippen molar-refractivity contribution in [3.8, 4) is 5.75 Å². The summed E-state index contributed by atoms with van der Waals surface area (Å²) in [4.78, 5) is 0.196. The summed E-state index contributed by atoms with van der Waals surface area (Å²) in [6.45, 7) is 3.80. The summed E-state index contributed by atoms with van der Waals surface area (Å²) in [5.74, 6) is 0.680. The van der Waals surface area contributed by atoms with Gasteiger partial charge < -0.3 is 4.74 Å². The summed E-state index contributed by atoms with van der Waals surface area (Å²) < 4.78 is 32.7. The van der Waals surface area contributed by atoms with Gasteiger partial charge in [0.05, 0.1) is 17.7 Å². The predicted octanol–water partition coefficient (Wildman–Crippen LogP) is 4.02. The van der Waals surface area contributed by atoms with Crippen LogP contribution in [-0.4, -0.2) is 15.5 Å². The maximum absolute atomic E-state index is 12.5. The van der Waals surface area contributed by atoms with Crippen molar-refractivity contribution in [2.24, 2.45) is 0 Å². The maximum atomic E-state index is 12.5. The second kappa shape index (κ2) is 6.58.